The monoisotopic (exact) mass is 601 g/mol. The van der Waals surface area contributed by atoms with Gasteiger partial charge in [0.05, 0.1) is 31.2 Å². The van der Waals surface area contributed by atoms with Crippen LogP contribution in [0.4, 0.5) is 5.69 Å². The number of carbonyl (C=O) groups is 4. The first-order valence-corrected chi connectivity index (χ1v) is 14.7. The van der Waals surface area contributed by atoms with Crippen LogP contribution in [0.15, 0.2) is 60.7 Å². The van der Waals surface area contributed by atoms with Gasteiger partial charge in [-0.1, -0.05) is 24.3 Å². The quantitative estimate of drug-likeness (QED) is 0.230. The van der Waals surface area contributed by atoms with E-state index in [0.29, 0.717) is 34.7 Å². The average molecular weight is 602 g/mol. The van der Waals surface area contributed by atoms with Gasteiger partial charge < -0.3 is 19.3 Å². The zero-order valence-electron chi connectivity index (χ0n) is 25.8. The number of ether oxygens (including phenoxy) is 3. The van der Waals surface area contributed by atoms with E-state index in [2.05, 4.69) is 0 Å². The first-order chi connectivity index (χ1) is 20.9. The summed E-state index contributed by atoms with van der Waals surface area (Å²) in [5, 5.41) is 9.12. The minimum absolute atomic E-state index is 0.0295. The van der Waals surface area contributed by atoms with E-state index < -0.39 is 23.3 Å². The Morgan fingerprint density at radius 2 is 1.64 bits per heavy atom. The molecule has 1 amide bonds. The van der Waals surface area contributed by atoms with E-state index in [0.717, 1.165) is 29.5 Å². The van der Waals surface area contributed by atoms with Crippen molar-refractivity contribution in [3.63, 3.8) is 0 Å². The average Bonchev–Trinajstić information content (AvgIpc) is 2.98. The van der Waals surface area contributed by atoms with Gasteiger partial charge >= 0.3 is 17.9 Å². The van der Waals surface area contributed by atoms with Gasteiger partial charge in [0.2, 0.25) is 0 Å². The largest absolute Gasteiger partial charge is 0.497 e. The van der Waals surface area contributed by atoms with Crippen molar-refractivity contribution in [2.24, 2.45) is 5.41 Å². The number of benzene rings is 3. The molecule has 0 bridgehead atoms. The van der Waals surface area contributed by atoms with Gasteiger partial charge in [-0.3, -0.25) is 24.1 Å². The molecule has 9 nitrogen and oxygen atoms in total. The third-order valence-electron chi connectivity index (χ3n) is 7.59. The second-order valence-corrected chi connectivity index (χ2v) is 11.9. The summed E-state index contributed by atoms with van der Waals surface area (Å²) in [4.78, 5) is 51.7. The van der Waals surface area contributed by atoms with E-state index in [9.17, 15) is 19.2 Å². The molecule has 9 heteroatoms. The lowest BCUT2D eigenvalue weighted by Crippen LogP contribution is -2.37. The number of esters is 2. The number of hydrogen-bond donors (Lipinski definition) is 1. The summed E-state index contributed by atoms with van der Waals surface area (Å²) in [6.07, 6.45) is 2.04. The fourth-order valence-corrected chi connectivity index (χ4v) is 5.25. The van der Waals surface area contributed by atoms with Crippen LogP contribution in [0.5, 0.6) is 11.5 Å². The van der Waals surface area contributed by atoms with Gasteiger partial charge in [0, 0.05) is 11.6 Å². The number of rotatable bonds is 10. The maximum atomic E-state index is 14.0. The lowest BCUT2D eigenvalue weighted by atomic mass is 9.79. The van der Waals surface area contributed by atoms with Crippen molar-refractivity contribution >= 4 is 29.5 Å². The highest BCUT2D eigenvalue weighted by Gasteiger charge is 2.30. The smallest absolute Gasteiger partial charge is 0.326 e. The molecule has 0 fully saturated rings. The van der Waals surface area contributed by atoms with Crippen molar-refractivity contribution in [2.45, 2.75) is 59.3 Å². The third-order valence-corrected chi connectivity index (χ3v) is 7.59. The number of aliphatic carboxylic acids is 1. The lowest BCUT2D eigenvalue weighted by molar-refractivity contribution is -0.143. The van der Waals surface area contributed by atoms with Crippen molar-refractivity contribution in [3.05, 3.63) is 88.5 Å². The Hall–Kier alpha value is -4.66. The molecule has 0 radical (unpaired) electrons. The Kier molecular flexibility index (Phi) is 10.1. The van der Waals surface area contributed by atoms with Gasteiger partial charge in [-0.15, -0.1) is 0 Å². The Bertz CT molecular complexity index is 1540. The molecular weight excluding hydrogens is 562 g/mol. The molecule has 0 spiro atoms. The molecule has 4 rings (SSSR count). The predicted molar refractivity (Wildman–Crippen MR) is 165 cm³/mol. The molecule has 0 saturated heterocycles. The third kappa shape index (κ3) is 7.83. The summed E-state index contributed by atoms with van der Waals surface area (Å²) in [5.41, 5.74) is 3.92. The molecule has 3 aromatic carbocycles. The predicted octanol–water partition coefficient (Wildman–Crippen LogP) is 5.76. The summed E-state index contributed by atoms with van der Waals surface area (Å²) < 4.78 is 16.4. The molecule has 1 aliphatic rings. The van der Waals surface area contributed by atoms with Crippen LogP contribution in [0, 0.1) is 5.41 Å². The van der Waals surface area contributed by atoms with Gasteiger partial charge in [0.1, 0.15) is 18.0 Å². The number of anilines is 1. The van der Waals surface area contributed by atoms with Gasteiger partial charge in [0.25, 0.3) is 5.91 Å². The molecule has 3 aromatic rings. The molecule has 0 saturated carbocycles. The van der Waals surface area contributed by atoms with Crippen LogP contribution < -0.4 is 14.4 Å². The van der Waals surface area contributed by atoms with Crippen LogP contribution >= 0.6 is 0 Å². The summed E-state index contributed by atoms with van der Waals surface area (Å²) in [6, 6.07) is 17.6. The Morgan fingerprint density at radius 3 is 2.27 bits per heavy atom. The number of methoxy groups -OCH3 is 1. The van der Waals surface area contributed by atoms with Crippen molar-refractivity contribution in [2.75, 3.05) is 25.2 Å². The number of fused-ring (bicyclic) bond motifs is 1. The van der Waals surface area contributed by atoms with Crippen LogP contribution in [0.2, 0.25) is 0 Å². The molecule has 232 valence electrons. The number of amides is 1. The maximum Gasteiger partial charge on any atom is 0.326 e. The molecule has 0 unspecified atom stereocenters. The van der Waals surface area contributed by atoms with Gasteiger partial charge in [-0.05, 0) is 105 Å². The maximum absolute atomic E-state index is 14.0. The van der Waals surface area contributed by atoms with Gasteiger partial charge in [-0.2, -0.15) is 0 Å². The first-order valence-electron chi connectivity index (χ1n) is 14.7. The van der Waals surface area contributed by atoms with Crippen LogP contribution in [-0.4, -0.2) is 49.2 Å². The number of hydrogen-bond acceptors (Lipinski definition) is 7. The van der Waals surface area contributed by atoms with Crippen molar-refractivity contribution in [3.8, 4) is 11.5 Å². The fraction of sp³-hybridized carbons (Fsp3) is 0.371. The molecule has 0 aliphatic heterocycles. The molecule has 1 atom stereocenters. The SMILES string of the molecule is CCOC(=O)CN(C(=O)c1ccc(CC(=O)O)cc1)c1cc(OC)ccc1[C@@H]1CCc2cc(OC(=O)C(C)(C)C)ccc2C1. The fourth-order valence-electron chi connectivity index (χ4n) is 5.25. The van der Waals surface area contributed by atoms with Crippen molar-refractivity contribution in [1.82, 2.24) is 0 Å². The number of carboxylic acids is 1. The highest BCUT2D eigenvalue weighted by molar-refractivity contribution is 6.09. The van der Waals surface area contributed by atoms with Crippen LogP contribution in [0.25, 0.3) is 0 Å². The second-order valence-electron chi connectivity index (χ2n) is 11.9. The highest BCUT2D eigenvalue weighted by atomic mass is 16.5. The van der Waals surface area contributed by atoms with E-state index in [-0.39, 0.29) is 31.5 Å². The number of carboxylic acid groups (broad SMARTS) is 1. The molecular formula is C35H39NO8. The van der Waals surface area contributed by atoms with E-state index in [4.69, 9.17) is 19.3 Å². The zero-order valence-corrected chi connectivity index (χ0v) is 25.8. The Labute approximate surface area is 257 Å². The van der Waals surface area contributed by atoms with Crippen LogP contribution in [0.3, 0.4) is 0 Å². The van der Waals surface area contributed by atoms with E-state index in [1.54, 1.807) is 44.4 Å². The first kappa shape index (κ1) is 32.3. The van der Waals surface area contributed by atoms with Gasteiger partial charge in [0.15, 0.2) is 0 Å². The standard InChI is InChI=1S/C35H39NO8/c1-6-43-32(39)21-36(33(40)23-9-7-22(8-10-23)17-31(37)38)30-20-27(42-5)15-16-29(30)26-12-11-25-19-28(14-13-24(25)18-26)44-34(41)35(2,3)4/h7-10,13-16,19-20,26H,6,11-12,17-18,21H2,1-5H3,(H,37,38)/t26-/m1/s1. The highest BCUT2D eigenvalue weighted by Crippen LogP contribution is 2.40. The summed E-state index contributed by atoms with van der Waals surface area (Å²) >= 11 is 0. The molecule has 0 aromatic heterocycles. The normalized spacial score (nSPS) is 14.2. The summed E-state index contributed by atoms with van der Waals surface area (Å²) in [6.45, 7) is 7.01. The van der Waals surface area contributed by atoms with E-state index in [1.165, 1.54) is 4.90 Å². The number of carbonyl (C=O) groups excluding carboxylic acids is 3. The minimum Gasteiger partial charge on any atom is -0.497 e. The molecule has 1 aliphatic carbocycles. The number of nitrogens with zero attached hydrogens (tertiary/aromatic N) is 1. The van der Waals surface area contributed by atoms with Crippen LogP contribution in [-0.2, 0) is 38.4 Å². The molecule has 44 heavy (non-hydrogen) atoms. The Balaban J connectivity index is 1.68. The summed E-state index contributed by atoms with van der Waals surface area (Å²) in [5.74, 6) is -1.15. The Morgan fingerprint density at radius 1 is 0.932 bits per heavy atom. The second kappa shape index (κ2) is 13.8. The lowest BCUT2D eigenvalue weighted by Gasteiger charge is -2.31. The molecule has 0 heterocycles. The van der Waals surface area contributed by atoms with Gasteiger partial charge in [-0.25, -0.2) is 0 Å². The topological polar surface area (TPSA) is 119 Å². The van der Waals surface area contributed by atoms with Crippen molar-refractivity contribution < 1.29 is 38.5 Å². The summed E-state index contributed by atoms with van der Waals surface area (Å²) in [7, 11) is 1.54. The van der Waals surface area contributed by atoms with Crippen molar-refractivity contribution in [1.29, 1.82) is 0 Å². The van der Waals surface area contributed by atoms with E-state index in [1.807, 2.05) is 51.1 Å². The van der Waals surface area contributed by atoms with Crippen LogP contribution in [0.1, 0.15) is 72.6 Å². The zero-order chi connectivity index (χ0) is 32.0. The number of aryl methyl sites for hydroxylation is 1. The minimum atomic E-state index is -0.967. The molecule has 1 N–H and O–H groups in total. The van der Waals surface area contributed by atoms with E-state index >= 15 is 0 Å².